The van der Waals surface area contributed by atoms with Crippen molar-refractivity contribution in [1.82, 2.24) is 10.6 Å². The van der Waals surface area contributed by atoms with Crippen molar-refractivity contribution in [2.45, 2.75) is 0 Å². The van der Waals surface area contributed by atoms with Gasteiger partial charge in [0.15, 0.2) is 13.0 Å². The van der Waals surface area contributed by atoms with Crippen LogP contribution in [0.1, 0.15) is 10.4 Å². The normalized spacial score (nSPS) is 11.8. The van der Waals surface area contributed by atoms with E-state index in [0.717, 1.165) is 15.9 Å². The summed E-state index contributed by atoms with van der Waals surface area (Å²) in [6, 6.07) is 38.5. The fourth-order valence-electron chi connectivity index (χ4n) is 4.01. The minimum absolute atomic E-state index is 0.0351. The molecule has 35 heavy (non-hydrogen) atoms. The molecule has 4 aromatic rings. The summed E-state index contributed by atoms with van der Waals surface area (Å²) in [5, 5.41) is 8.38. The maximum Gasteiger partial charge on any atom is 0.272 e. The Kier molecular flexibility index (Phi) is 7.77. The Morgan fingerprint density at radius 3 is 1.37 bits per heavy atom. The quantitative estimate of drug-likeness (QED) is 0.289. The van der Waals surface area contributed by atoms with Crippen LogP contribution in [-0.4, -0.2) is 18.9 Å². The Labute approximate surface area is 211 Å². The SMILES string of the molecule is CNC(=O)C(NC(=O)c1ccccc1)=C(Cl)[P+](c1ccccc1)(c1ccccc1)c1ccccc1. The Morgan fingerprint density at radius 2 is 1.00 bits per heavy atom. The van der Waals surface area contributed by atoms with Gasteiger partial charge in [-0.1, -0.05) is 72.8 Å². The number of carbonyl (C=O) groups is 2. The van der Waals surface area contributed by atoms with Gasteiger partial charge in [0.25, 0.3) is 11.8 Å². The van der Waals surface area contributed by atoms with Crippen molar-refractivity contribution < 1.29 is 9.59 Å². The largest absolute Gasteiger partial charge is 0.354 e. The molecule has 0 unspecified atom stereocenters. The van der Waals surface area contributed by atoms with E-state index in [4.69, 9.17) is 11.6 Å². The monoisotopic (exact) mass is 499 g/mol. The maximum atomic E-state index is 13.2. The third-order valence-corrected chi connectivity index (χ3v) is 10.6. The molecule has 0 fully saturated rings. The molecule has 0 saturated heterocycles. The van der Waals surface area contributed by atoms with Gasteiger partial charge in [0.1, 0.15) is 15.9 Å². The summed E-state index contributed by atoms with van der Waals surface area (Å²) in [5.74, 6) is -0.874. The number of likely N-dealkylation sites (N-methyl/N-ethyl adjacent to an activating group) is 1. The van der Waals surface area contributed by atoms with E-state index in [1.165, 1.54) is 7.05 Å². The van der Waals surface area contributed by atoms with Gasteiger partial charge in [-0.15, -0.1) is 0 Å². The highest BCUT2D eigenvalue weighted by molar-refractivity contribution is 8.00. The predicted octanol–water partition coefficient (Wildman–Crippen LogP) is 4.56. The lowest BCUT2D eigenvalue weighted by atomic mass is 10.2. The number of benzene rings is 4. The summed E-state index contributed by atoms with van der Waals surface area (Å²) >= 11 is 7.33. The molecule has 0 bridgehead atoms. The molecule has 6 heteroatoms. The Balaban J connectivity index is 2.04. The molecule has 0 aromatic heterocycles. The first kappa shape index (κ1) is 24.4. The van der Waals surface area contributed by atoms with Gasteiger partial charge in [0, 0.05) is 12.6 Å². The van der Waals surface area contributed by atoms with Crippen LogP contribution in [0.3, 0.4) is 0 Å². The second-order valence-corrected chi connectivity index (χ2v) is 11.7. The van der Waals surface area contributed by atoms with Crippen LogP contribution in [0.25, 0.3) is 0 Å². The topological polar surface area (TPSA) is 58.2 Å². The second-order valence-electron chi connectivity index (χ2n) is 7.74. The zero-order valence-electron chi connectivity index (χ0n) is 19.2. The van der Waals surface area contributed by atoms with Gasteiger partial charge in [-0.2, -0.15) is 0 Å². The van der Waals surface area contributed by atoms with Crippen LogP contribution in [0.2, 0.25) is 0 Å². The Bertz CT molecular complexity index is 1230. The summed E-state index contributed by atoms with van der Waals surface area (Å²) in [6.07, 6.45) is 0. The van der Waals surface area contributed by atoms with Crippen LogP contribution in [-0.2, 0) is 4.79 Å². The number of carbonyl (C=O) groups excluding carboxylic acids is 2. The van der Waals surface area contributed by atoms with Crippen LogP contribution in [0.4, 0.5) is 0 Å². The molecule has 2 N–H and O–H groups in total. The molecule has 4 nitrogen and oxygen atoms in total. The first-order valence-corrected chi connectivity index (χ1v) is 13.3. The van der Waals surface area contributed by atoms with E-state index in [2.05, 4.69) is 10.6 Å². The molecule has 174 valence electrons. The molecule has 0 aliphatic heterocycles. The van der Waals surface area contributed by atoms with Crippen LogP contribution < -0.4 is 26.5 Å². The number of nitrogens with one attached hydrogen (secondary N) is 2. The summed E-state index contributed by atoms with van der Waals surface area (Å²) in [7, 11) is -1.22. The van der Waals surface area contributed by atoms with Gasteiger partial charge in [-0.05, 0) is 60.1 Å². The van der Waals surface area contributed by atoms with E-state index in [0.29, 0.717) is 10.3 Å². The van der Waals surface area contributed by atoms with E-state index >= 15 is 0 Å². The van der Waals surface area contributed by atoms with E-state index < -0.39 is 19.1 Å². The predicted molar refractivity (Wildman–Crippen MR) is 146 cm³/mol. The highest BCUT2D eigenvalue weighted by Gasteiger charge is 2.51. The van der Waals surface area contributed by atoms with Crippen LogP contribution in [0.15, 0.2) is 132 Å². The highest BCUT2D eigenvalue weighted by Crippen LogP contribution is 2.64. The molecule has 4 rings (SSSR count). The summed E-state index contributed by atoms with van der Waals surface area (Å²) in [5.41, 5.74) is 0.467. The first-order valence-electron chi connectivity index (χ1n) is 11.1. The standard InChI is InChI=1S/C29H24ClN2O2P/c1-31-29(34)26(32-28(33)22-14-6-2-7-15-22)27(30)35(23-16-8-3-9-17-23,24-18-10-4-11-19-24)25-20-12-5-13-21-25/h2-21H,1H3,(H-,31,32,33,34)/p+1. The van der Waals surface area contributed by atoms with E-state index in [1.54, 1.807) is 24.3 Å². The van der Waals surface area contributed by atoms with Gasteiger partial charge in [0.2, 0.25) is 4.77 Å². The fourth-order valence-corrected chi connectivity index (χ4v) is 8.95. The van der Waals surface area contributed by atoms with E-state index in [1.807, 2.05) is 97.1 Å². The fraction of sp³-hybridized carbons (Fsp3) is 0.0345. The van der Waals surface area contributed by atoms with Gasteiger partial charge in [-0.25, -0.2) is 0 Å². The van der Waals surface area contributed by atoms with Gasteiger partial charge in [-0.3, -0.25) is 9.59 Å². The minimum Gasteiger partial charge on any atom is -0.354 e. The lowest BCUT2D eigenvalue weighted by Gasteiger charge is -2.28. The van der Waals surface area contributed by atoms with Crippen LogP contribution in [0, 0.1) is 0 Å². The molecular formula is C29H25ClN2O2P+. The van der Waals surface area contributed by atoms with Gasteiger partial charge < -0.3 is 10.6 Å². The highest BCUT2D eigenvalue weighted by atomic mass is 35.5. The van der Waals surface area contributed by atoms with Crippen molar-refractivity contribution in [3.63, 3.8) is 0 Å². The molecule has 0 saturated carbocycles. The molecule has 4 aromatic carbocycles. The smallest absolute Gasteiger partial charge is 0.272 e. The summed E-state index contributed by atoms with van der Waals surface area (Å²) in [6.45, 7) is 0. The van der Waals surface area contributed by atoms with Crippen molar-refractivity contribution >= 4 is 46.6 Å². The molecule has 0 aliphatic carbocycles. The number of hydrogen-bond acceptors (Lipinski definition) is 2. The third kappa shape index (κ3) is 4.90. The molecule has 0 aliphatic rings. The zero-order chi connectivity index (χ0) is 24.7. The lowest BCUT2D eigenvalue weighted by molar-refractivity contribution is -0.117. The average Bonchev–Trinajstić information content (AvgIpc) is 2.94. The molecule has 0 radical (unpaired) electrons. The van der Waals surface area contributed by atoms with E-state index in [-0.39, 0.29) is 5.70 Å². The summed E-state index contributed by atoms with van der Waals surface area (Å²) < 4.78 is 0.296. The Morgan fingerprint density at radius 1 is 0.629 bits per heavy atom. The van der Waals surface area contributed by atoms with E-state index in [9.17, 15) is 9.59 Å². The summed E-state index contributed by atoms with van der Waals surface area (Å²) in [4.78, 5) is 26.4. The molecular weight excluding hydrogens is 475 g/mol. The first-order chi connectivity index (χ1) is 17.1. The number of halogens is 1. The second kappa shape index (κ2) is 11.1. The Hall–Kier alpha value is -3.72. The zero-order valence-corrected chi connectivity index (χ0v) is 20.8. The number of amides is 2. The van der Waals surface area contributed by atoms with Crippen molar-refractivity contribution in [2.75, 3.05) is 7.05 Å². The molecule has 2 amide bonds. The molecule has 0 atom stereocenters. The van der Waals surface area contributed by atoms with Crippen LogP contribution >= 0.6 is 18.9 Å². The molecule has 0 heterocycles. The lowest BCUT2D eigenvalue weighted by Crippen LogP contribution is -2.38. The van der Waals surface area contributed by atoms with Crippen LogP contribution in [0.5, 0.6) is 0 Å². The van der Waals surface area contributed by atoms with Gasteiger partial charge in [0.05, 0.1) is 0 Å². The number of rotatable bonds is 7. The van der Waals surface area contributed by atoms with Crippen molar-refractivity contribution in [3.8, 4) is 0 Å². The third-order valence-electron chi connectivity index (χ3n) is 5.66. The molecule has 0 spiro atoms. The van der Waals surface area contributed by atoms with Crippen molar-refractivity contribution in [2.24, 2.45) is 0 Å². The number of hydrogen-bond donors (Lipinski definition) is 2. The minimum atomic E-state index is -2.75. The van der Waals surface area contributed by atoms with Crippen molar-refractivity contribution in [3.05, 3.63) is 137 Å². The van der Waals surface area contributed by atoms with Gasteiger partial charge >= 0.3 is 0 Å². The average molecular weight is 500 g/mol. The maximum absolute atomic E-state index is 13.2. The van der Waals surface area contributed by atoms with Crippen molar-refractivity contribution in [1.29, 1.82) is 0 Å².